The van der Waals surface area contributed by atoms with E-state index in [1.54, 1.807) is 14.2 Å². The molecular weight excluding hydrogens is 330 g/mol. The molecule has 0 spiro atoms. The fourth-order valence-electron chi connectivity index (χ4n) is 2.50. The number of rotatable bonds is 10. The average molecular weight is 359 g/mol. The lowest BCUT2D eigenvalue weighted by molar-refractivity contribution is 0.354. The van der Waals surface area contributed by atoms with Gasteiger partial charge >= 0.3 is 0 Å². The fourth-order valence-corrected chi connectivity index (χ4v) is 2.50. The molecule has 0 fully saturated rings. The largest absolute Gasteiger partial charge is 0.493 e. The zero-order valence-electron chi connectivity index (χ0n) is 16.3. The molecule has 1 aromatic heterocycles. The first-order chi connectivity index (χ1) is 12.5. The summed E-state index contributed by atoms with van der Waals surface area (Å²) in [4.78, 5) is 11.1. The predicted molar refractivity (Wildman–Crippen MR) is 106 cm³/mol. The maximum Gasteiger partial charge on any atom is 0.224 e. The van der Waals surface area contributed by atoms with Gasteiger partial charge in [-0.3, -0.25) is 0 Å². The van der Waals surface area contributed by atoms with Gasteiger partial charge < -0.3 is 25.0 Å². The number of aromatic nitrogens is 2. The molecule has 0 amide bonds. The number of nitrogens with zero attached hydrogens (tertiary/aromatic N) is 3. The summed E-state index contributed by atoms with van der Waals surface area (Å²) in [5.74, 6) is 2.96. The van der Waals surface area contributed by atoms with Crippen LogP contribution < -0.4 is 20.1 Å². The highest BCUT2D eigenvalue weighted by molar-refractivity contribution is 5.44. The van der Waals surface area contributed by atoms with E-state index >= 15 is 0 Å². The predicted octanol–water partition coefficient (Wildman–Crippen LogP) is 2.43. The van der Waals surface area contributed by atoms with E-state index in [9.17, 15) is 0 Å². The van der Waals surface area contributed by atoms with E-state index in [-0.39, 0.29) is 0 Å². The summed E-state index contributed by atoms with van der Waals surface area (Å²) in [7, 11) is 7.37. The molecule has 0 bridgehead atoms. The molecule has 2 N–H and O–H groups in total. The number of ether oxygens (including phenoxy) is 2. The van der Waals surface area contributed by atoms with Crippen molar-refractivity contribution in [2.24, 2.45) is 0 Å². The molecule has 2 rings (SSSR count). The van der Waals surface area contributed by atoms with Crippen LogP contribution in [0.2, 0.25) is 0 Å². The topological polar surface area (TPSA) is 71.5 Å². The maximum absolute atomic E-state index is 5.35. The Morgan fingerprint density at radius 2 is 1.73 bits per heavy atom. The number of hydrogen-bond donors (Lipinski definition) is 2. The van der Waals surface area contributed by atoms with Crippen LogP contribution in [0.25, 0.3) is 0 Å². The number of anilines is 2. The van der Waals surface area contributed by atoms with Gasteiger partial charge in [-0.25, -0.2) is 4.98 Å². The highest BCUT2D eigenvalue weighted by Crippen LogP contribution is 2.27. The number of likely N-dealkylation sites (N-methyl/N-ethyl adjacent to an activating group) is 1. The van der Waals surface area contributed by atoms with Crippen molar-refractivity contribution in [1.29, 1.82) is 0 Å². The van der Waals surface area contributed by atoms with E-state index in [1.807, 2.05) is 45.3 Å². The van der Waals surface area contributed by atoms with Gasteiger partial charge in [0.15, 0.2) is 11.5 Å². The summed E-state index contributed by atoms with van der Waals surface area (Å²) in [6.45, 7) is 4.47. The Kier molecular flexibility index (Phi) is 7.47. The van der Waals surface area contributed by atoms with Gasteiger partial charge in [0.05, 0.1) is 14.2 Å². The standard InChI is InChI=1S/C19H29N5O2/c1-14-12-18(23-19(22-14)21-10-11-24(2)3)20-9-8-15-6-7-16(25-4)17(13-15)26-5/h6-7,12-13H,8-11H2,1-5H3,(H2,20,21,22,23). The normalized spacial score (nSPS) is 10.7. The van der Waals surface area contributed by atoms with Crippen LogP contribution in [0, 0.1) is 6.92 Å². The van der Waals surface area contributed by atoms with Crippen LogP contribution in [0.15, 0.2) is 24.3 Å². The number of hydrogen-bond acceptors (Lipinski definition) is 7. The molecule has 0 radical (unpaired) electrons. The second kappa shape index (κ2) is 9.82. The van der Waals surface area contributed by atoms with Crippen molar-refractivity contribution in [1.82, 2.24) is 14.9 Å². The molecule has 0 saturated carbocycles. The quantitative estimate of drug-likeness (QED) is 0.675. The van der Waals surface area contributed by atoms with Crippen LogP contribution in [0.4, 0.5) is 11.8 Å². The van der Waals surface area contributed by atoms with Crippen LogP contribution in [0.1, 0.15) is 11.3 Å². The zero-order chi connectivity index (χ0) is 18.9. The summed E-state index contributed by atoms with van der Waals surface area (Å²) in [5.41, 5.74) is 2.10. The molecule has 1 heterocycles. The van der Waals surface area contributed by atoms with E-state index in [2.05, 4.69) is 25.5 Å². The third-order valence-electron chi connectivity index (χ3n) is 3.86. The Hall–Kier alpha value is -2.54. The molecule has 0 aliphatic heterocycles. The van der Waals surface area contributed by atoms with Crippen molar-refractivity contribution >= 4 is 11.8 Å². The highest BCUT2D eigenvalue weighted by atomic mass is 16.5. The van der Waals surface area contributed by atoms with Gasteiger partial charge in [0.2, 0.25) is 5.95 Å². The highest BCUT2D eigenvalue weighted by Gasteiger charge is 2.05. The minimum absolute atomic E-state index is 0.653. The molecular formula is C19H29N5O2. The first-order valence-electron chi connectivity index (χ1n) is 8.71. The summed E-state index contributed by atoms with van der Waals surface area (Å²) < 4.78 is 10.6. The SMILES string of the molecule is COc1ccc(CCNc2cc(C)nc(NCCN(C)C)n2)cc1OC. The van der Waals surface area contributed by atoms with Crippen molar-refractivity contribution < 1.29 is 9.47 Å². The van der Waals surface area contributed by atoms with Gasteiger partial charge in [0.1, 0.15) is 5.82 Å². The fraction of sp³-hybridized carbons (Fsp3) is 0.474. The Morgan fingerprint density at radius 3 is 2.42 bits per heavy atom. The third kappa shape index (κ3) is 6.07. The number of nitrogens with one attached hydrogen (secondary N) is 2. The molecule has 26 heavy (non-hydrogen) atoms. The zero-order valence-corrected chi connectivity index (χ0v) is 16.3. The molecule has 1 aromatic carbocycles. The molecule has 0 saturated heterocycles. The van der Waals surface area contributed by atoms with Gasteiger partial charge in [-0.2, -0.15) is 4.98 Å². The van der Waals surface area contributed by atoms with Crippen molar-refractivity contribution in [3.63, 3.8) is 0 Å². The lowest BCUT2D eigenvalue weighted by atomic mass is 10.1. The van der Waals surface area contributed by atoms with E-state index in [0.717, 1.165) is 49.1 Å². The first kappa shape index (κ1) is 19.8. The molecule has 142 valence electrons. The molecule has 0 aliphatic carbocycles. The second-order valence-electron chi connectivity index (χ2n) is 6.31. The minimum Gasteiger partial charge on any atom is -0.493 e. The van der Waals surface area contributed by atoms with E-state index < -0.39 is 0 Å². The van der Waals surface area contributed by atoms with E-state index in [0.29, 0.717) is 5.95 Å². The average Bonchev–Trinajstić information content (AvgIpc) is 2.61. The lowest BCUT2D eigenvalue weighted by Crippen LogP contribution is -2.21. The summed E-state index contributed by atoms with van der Waals surface area (Å²) >= 11 is 0. The van der Waals surface area contributed by atoms with Crippen LogP contribution in [0.3, 0.4) is 0 Å². The van der Waals surface area contributed by atoms with E-state index in [1.165, 1.54) is 5.56 Å². The van der Waals surface area contributed by atoms with Crippen LogP contribution >= 0.6 is 0 Å². The van der Waals surface area contributed by atoms with Gasteiger partial charge in [-0.1, -0.05) is 6.07 Å². The second-order valence-corrected chi connectivity index (χ2v) is 6.31. The molecule has 0 unspecified atom stereocenters. The third-order valence-corrected chi connectivity index (χ3v) is 3.86. The Bertz CT molecular complexity index is 706. The molecule has 2 aromatic rings. The first-order valence-corrected chi connectivity index (χ1v) is 8.71. The smallest absolute Gasteiger partial charge is 0.224 e. The Labute approximate surface area is 155 Å². The van der Waals surface area contributed by atoms with Crippen molar-refractivity contribution in [2.45, 2.75) is 13.3 Å². The van der Waals surface area contributed by atoms with Gasteiger partial charge in [0.25, 0.3) is 0 Å². The van der Waals surface area contributed by atoms with Crippen molar-refractivity contribution in [3.8, 4) is 11.5 Å². The Morgan fingerprint density at radius 1 is 0.962 bits per heavy atom. The summed E-state index contributed by atoms with van der Waals surface area (Å²) in [6, 6.07) is 7.92. The van der Waals surface area contributed by atoms with Gasteiger partial charge in [-0.15, -0.1) is 0 Å². The number of benzene rings is 1. The Balaban J connectivity index is 1.91. The van der Waals surface area contributed by atoms with Crippen LogP contribution in [-0.2, 0) is 6.42 Å². The number of methoxy groups -OCH3 is 2. The molecule has 0 atom stereocenters. The van der Waals surface area contributed by atoms with Crippen molar-refractivity contribution in [3.05, 3.63) is 35.5 Å². The maximum atomic E-state index is 5.35. The summed E-state index contributed by atoms with van der Waals surface area (Å²) in [6.07, 6.45) is 0.854. The van der Waals surface area contributed by atoms with E-state index in [4.69, 9.17) is 9.47 Å². The van der Waals surface area contributed by atoms with Crippen LogP contribution in [0.5, 0.6) is 11.5 Å². The molecule has 7 nitrogen and oxygen atoms in total. The summed E-state index contributed by atoms with van der Waals surface area (Å²) in [5, 5.41) is 6.62. The minimum atomic E-state index is 0.653. The van der Waals surface area contributed by atoms with Crippen molar-refractivity contribution in [2.75, 3.05) is 58.6 Å². The van der Waals surface area contributed by atoms with Crippen LogP contribution in [-0.4, -0.2) is 62.8 Å². The monoisotopic (exact) mass is 359 g/mol. The number of aryl methyl sites for hydroxylation is 1. The molecule has 7 heteroatoms. The van der Waals surface area contributed by atoms with Gasteiger partial charge in [-0.05, 0) is 45.1 Å². The lowest BCUT2D eigenvalue weighted by Gasteiger charge is -2.13. The van der Waals surface area contributed by atoms with Gasteiger partial charge in [0, 0.05) is 31.4 Å². The molecule has 0 aliphatic rings.